The maximum Gasteiger partial charge on any atom is 0.253 e. The predicted molar refractivity (Wildman–Crippen MR) is 208 cm³/mol. The van der Waals surface area contributed by atoms with Gasteiger partial charge in [-0.05, 0) is 99.4 Å². The number of ether oxygens (including phenoxy) is 2. The first-order chi connectivity index (χ1) is 26.3. The van der Waals surface area contributed by atoms with Gasteiger partial charge in [0.1, 0.15) is 36.2 Å². The number of nitrogens with zero attached hydrogens (tertiary/aromatic N) is 2. The summed E-state index contributed by atoms with van der Waals surface area (Å²) in [7, 11) is 1.55. The van der Waals surface area contributed by atoms with Gasteiger partial charge in [0.15, 0.2) is 0 Å². The fraction of sp³-hybridized carbons (Fsp3) is 0.476. The van der Waals surface area contributed by atoms with E-state index >= 15 is 0 Å². The van der Waals surface area contributed by atoms with E-state index in [1.807, 2.05) is 19.1 Å². The first kappa shape index (κ1) is 40.7. The molecule has 0 radical (unpaired) electrons. The summed E-state index contributed by atoms with van der Waals surface area (Å²) in [5.74, 6) is -0.602. The highest BCUT2D eigenvalue weighted by atomic mass is 16.5. The maximum absolute atomic E-state index is 14.3. The smallest absolute Gasteiger partial charge is 0.253 e. The second-order valence-corrected chi connectivity index (χ2v) is 15.2. The largest absolute Gasteiger partial charge is 0.497 e. The first-order valence-corrected chi connectivity index (χ1v) is 19.1. The summed E-state index contributed by atoms with van der Waals surface area (Å²) in [6.45, 7) is 9.72. The van der Waals surface area contributed by atoms with Crippen LogP contribution in [-0.4, -0.2) is 90.4 Å². The molecule has 6 rings (SSSR count). The zero-order chi connectivity index (χ0) is 39.6. The van der Waals surface area contributed by atoms with E-state index in [0.717, 1.165) is 29.7 Å². The number of hydrogen-bond acceptors (Lipinski definition) is 8. The second-order valence-electron chi connectivity index (χ2n) is 15.2. The molecule has 4 N–H and O–H groups in total. The fourth-order valence-electron chi connectivity index (χ4n) is 6.68. The van der Waals surface area contributed by atoms with Gasteiger partial charge in [-0.15, -0.1) is 0 Å². The van der Waals surface area contributed by atoms with Gasteiger partial charge in [0.05, 0.1) is 31.0 Å². The molecule has 294 valence electrons. The molecule has 1 aliphatic carbocycles. The fourth-order valence-corrected chi connectivity index (χ4v) is 6.68. The zero-order valence-corrected chi connectivity index (χ0v) is 32.6. The van der Waals surface area contributed by atoms with Gasteiger partial charge in [-0.25, -0.2) is 0 Å². The van der Waals surface area contributed by atoms with Gasteiger partial charge in [0.25, 0.3) is 5.91 Å². The lowest BCUT2D eigenvalue weighted by atomic mass is 10.0. The Morgan fingerprint density at radius 2 is 1.65 bits per heavy atom. The third-order valence-electron chi connectivity index (χ3n) is 9.81. The monoisotopic (exact) mass is 754 g/mol. The number of aromatic nitrogens is 1. The second kappa shape index (κ2) is 18.7. The Morgan fingerprint density at radius 1 is 0.945 bits per heavy atom. The molecular weight excluding hydrogens is 700 g/mol. The Morgan fingerprint density at radius 3 is 2.29 bits per heavy atom. The van der Waals surface area contributed by atoms with Gasteiger partial charge in [0.2, 0.25) is 23.6 Å². The van der Waals surface area contributed by atoms with Crippen molar-refractivity contribution in [3.63, 3.8) is 0 Å². The van der Waals surface area contributed by atoms with Crippen LogP contribution in [0.25, 0.3) is 0 Å². The third-order valence-corrected chi connectivity index (χ3v) is 9.81. The highest BCUT2D eigenvalue weighted by Crippen LogP contribution is 2.30. The average molecular weight is 755 g/mol. The minimum atomic E-state index is -1.13. The van der Waals surface area contributed by atoms with Gasteiger partial charge >= 0.3 is 0 Å². The minimum absolute atomic E-state index is 0.0849. The maximum atomic E-state index is 14.3. The lowest BCUT2D eigenvalue weighted by Crippen LogP contribution is -2.58. The molecule has 13 nitrogen and oxygen atoms in total. The molecule has 13 heteroatoms. The number of carbonyl (C=O) groups excluding carboxylic acids is 5. The van der Waals surface area contributed by atoms with E-state index in [1.165, 1.54) is 4.90 Å². The summed E-state index contributed by atoms with van der Waals surface area (Å²) >= 11 is 0. The molecule has 1 fully saturated rings. The number of nitrogens with one attached hydrogen (secondary N) is 4. The summed E-state index contributed by atoms with van der Waals surface area (Å²) in [6.07, 6.45) is 2.77. The molecule has 4 atom stereocenters. The third kappa shape index (κ3) is 12.0. The van der Waals surface area contributed by atoms with Crippen molar-refractivity contribution in [2.24, 2.45) is 11.8 Å². The van der Waals surface area contributed by atoms with Crippen molar-refractivity contribution < 1.29 is 33.4 Å². The van der Waals surface area contributed by atoms with Gasteiger partial charge in [-0.1, -0.05) is 38.1 Å². The quantitative estimate of drug-likeness (QED) is 0.241. The Hall–Kier alpha value is -5.46. The van der Waals surface area contributed by atoms with E-state index in [1.54, 1.807) is 69.5 Å². The highest BCUT2D eigenvalue weighted by Gasteiger charge is 2.34. The van der Waals surface area contributed by atoms with E-state index in [0.29, 0.717) is 35.7 Å². The van der Waals surface area contributed by atoms with Crippen LogP contribution in [0, 0.1) is 25.7 Å². The van der Waals surface area contributed by atoms with Gasteiger partial charge in [-0.2, -0.15) is 0 Å². The summed E-state index contributed by atoms with van der Waals surface area (Å²) in [4.78, 5) is 75.2. The van der Waals surface area contributed by atoms with E-state index in [-0.39, 0.29) is 49.8 Å². The summed E-state index contributed by atoms with van der Waals surface area (Å²) < 4.78 is 11.4. The van der Waals surface area contributed by atoms with Crippen molar-refractivity contribution in [3.8, 4) is 11.5 Å². The molecule has 2 aliphatic heterocycles. The number of methoxy groups -OCH3 is 1. The normalized spacial score (nSPS) is 21.6. The van der Waals surface area contributed by atoms with Crippen molar-refractivity contribution in [1.29, 1.82) is 0 Å². The lowest BCUT2D eigenvalue weighted by molar-refractivity contribution is -0.140. The van der Waals surface area contributed by atoms with E-state index in [9.17, 15) is 24.0 Å². The molecule has 3 aliphatic rings. The number of aryl methyl sites for hydroxylation is 2. The van der Waals surface area contributed by atoms with Crippen LogP contribution in [0.3, 0.4) is 0 Å². The molecule has 0 unspecified atom stereocenters. The summed E-state index contributed by atoms with van der Waals surface area (Å²) in [5, 5.41) is 11.6. The molecule has 1 aromatic heterocycles. The topological polar surface area (TPSA) is 168 Å². The van der Waals surface area contributed by atoms with Crippen molar-refractivity contribution in [1.82, 2.24) is 31.2 Å². The van der Waals surface area contributed by atoms with Crippen LogP contribution >= 0.6 is 0 Å². The molecule has 55 heavy (non-hydrogen) atoms. The van der Waals surface area contributed by atoms with Crippen LogP contribution < -0.4 is 30.7 Å². The van der Waals surface area contributed by atoms with Crippen molar-refractivity contribution in [2.75, 3.05) is 26.8 Å². The van der Waals surface area contributed by atoms with Crippen LogP contribution in [0.1, 0.15) is 72.9 Å². The first-order valence-electron chi connectivity index (χ1n) is 19.1. The van der Waals surface area contributed by atoms with Gasteiger partial charge in [-0.3, -0.25) is 29.0 Å². The van der Waals surface area contributed by atoms with E-state index in [4.69, 9.17) is 9.47 Å². The average Bonchev–Trinajstić information content (AvgIpc) is 3.97. The predicted octanol–water partition coefficient (Wildman–Crippen LogP) is 3.44. The van der Waals surface area contributed by atoms with Crippen LogP contribution in [0.4, 0.5) is 0 Å². The summed E-state index contributed by atoms with van der Waals surface area (Å²) in [6, 6.07) is 14.2. The molecular formula is C42H54N6O7. The number of fused-ring (bicyclic) bond motifs is 17. The Bertz CT molecular complexity index is 1830. The molecule has 5 amide bonds. The Balaban J connectivity index is 1.49. The number of pyridine rings is 1. The number of rotatable bonds is 9. The number of benzene rings is 2. The zero-order valence-electron chi connectivity index (χ0n) is 32.6. The summed E-state index contributed by atoms with van der Waals surface area (Å²) in [5.41, 5.74) is 3.07. The molecule has 0 saturated heterocycles. The Labute approximate surface area is 323 Å². The van der Waals surface area contributed by atoms with Gasteiger partial charge < -0.3 is 35.6 Å². The molecule has 3 aromatic rings. The molecule has 2 aromatic carbocycles. The number of amides is 5. The van der Waals surface area contributed by atoms with E-state index < -0.39 is 41.8 Å². The SMILES string of the molecule is COc1ccc(C[C@@H]2NC(=O)[C@@H](NC(=O)c3ccc(C)nc3C)Cc3ccc(cc3)OC[C@H](CC(C)C)NC(=O)CN(CC3CC3)C(=O)[C@@H](C)NC2=O)cc1. The van der Waals surface area contributed by atoms with Crippen molar-refractivity contribution in [3.05, 3.63) is 88.7 Å². The van der Waals surface area contributed by atoms with Crippen LogP contribution in [0.15, 0.2) is 60.7 Å². The van der Waals surface area contributed by atoms with Crippen LogP contribution in [0.2, 0.25) is 0 Å². The molecule has 2 bridgehead atoms. The van der Waals surface area contributed by atoms with Crippen molar-refractivity contribution >= 4 is 29.5 Å². The van der Waals surface area contributed by atoms with Crippen molar-refractivity contribution in [2.45, 2.75) is 90.9 Å². The van der Waals surface area contributed by atoms with Crippen LogP contribution in [0.5, 0.6) is 11.5 Å². The Kier molecular flexibility index (Phi) is 13.9. The van der Waals surface area contributed by atoms with E-state index in [2.05, 4.69) is 40.1 Å². The molecule has 0 spiro atoms. The highest BCUT2D eigenvalue weighted by molar-refractivity contribution is 5.99. The van der Waals surface area contributed by atoms with Crippen LogP contribution in [-0.2, 0) is 32.0 Å². The standard InChI is InChI=1S/C42H54N6O7/c1-25(2)19-32-24-55-34-16-12-30(13-17-34)21-37(46-39(50)35-18-7-26(3)43-27(35)4)41(52)47-36(20-29-10-14-33(54-6)15-11-29)40(51)44-28(5)42(53)48(22-31-8-9-31)23-38(49)45-32/h7,10-18,25,28,31-32,36-37H,8-9,19-24H2,1-6H3,(H,44,51)(H,45,49)(H,46,50)(H,47,52)/t28-,32+,36+,37+/m1/s1. The lowest BCUT2D eigenvalue weighted by Gasteiger charge is -2.29. The number of hydrogen-bond donors (Lipinski definition) is 4. The number of carbonyl (C=O) groups is 5. The molecule has 3 heterocycles. The molecule has 1 saturated carbocycles. The minimum Gasteiger partial charge on any atom is -0.497 e. The van der Waals surface area contributed by atoms with Gasteiger partial charge in [0, 0.05) is 25.1 Å².